The number of allylic oxidation sites excluding steroid dienone is 5. The molecule has 262 valence electrons. The van der Waals surface area contributed by atoms with Gasteiger partial charge in [-0.3, -0.25) is 0 Å². The van der Waals surface area contributed by atoms with Gasteiger partial charge in [-0.15, -0.1) is 0 Å². The zero-order valence-electron chi connectivity index (χ0n) is 30.8. The fourth-order valence-electron chi connectivity index (χ4n) is 8.64. The number of aryl methyl sites for hydroxylation is 1. The van der Waals surface area contributed by atoms with E-state index in [9.17, 15) is 0 Å². The molecule has 0 fully saturated rings. The summed E-state index contributed by atoms with van der Waals surface area (Å²) in [6, 6.07) is 62.6. The van der Waals surface area contributed by atoms with Crippen LogP contribution in [0.1, 0.15) is 35.4 Å². The molecule has 1 nitrogen and oxygen atoms in total. The number of fused-ring (bicyclic) bond motifs is 5. The Hall–Kier alpha value is -6.70. The number of anilines is 3. The lowest BCUT2D eigenvalue weighted by molar-refractivity contribution is 0.853. The van der Waals surface area contributed by atoms with Gasteiger partial charge in [0.1, 0.15) is 0 Å². The summed E-state index contributed by atoms with van der Waals surface area (Å²) in [4.78, 5) is 2.40. The fourth-order valence-corrected chi connectivity index (χ4v) is 8.64. The predicted molar refractivity (Wildman–Crippen MR) is 235 cm³/mol. The minimum absolute atomic E-state index is 0.375. The van der Waals surface area contributed by atoms with E-state index >= 15 is 0 Å². The number of hydrogen-bond donors (Lipinski definition) is 0. The first-order chi connectivity index (χ1) is 27.3. The lowest BCUT2D eigenvalue weighted by Gasteiger charge is -2.27. The Morgan fingerprint density at radius 3 is 1.85 bits per heavy atom. The Bertz CT molecular complexity index is 2750. The highest BCUT2D eigenvalue weighted by molar-refractivity contribution is 6.12. The summed E-state index contributed by atoms with van der Waals surface area (Å²) in [6.45, 7) is 0. The summed E-state index contributed by atoms with van der Waals surface area (Å²) in [7, 11) is 0. The molecule has 0 heterocycles. The molecular weight excluding hydrogens is 663 g/mol. The van der Waals surface area contributed by atoms with E-state index in [4.69, 9.17) is 0 Å². The van der Waals surface area contributed by atoms with E-state index in [0.717, 1.165) is 36.3 Å². The van der Waals surface area contributed by atoms with Gasteiger partial charge in [-0.25, -0.2) is 0 Å². The summed E-state index contributed by atoms with van der Waals surface area (Å²) < 4.78 is 0. The monoisotopic (exact) mass is 703 g/mol. The molecule has 0 saturated carbocycles. The Balaban J connectivity index is 1.03. The van der Waals surface area contributed by atoms with Crippen molar-refractivity contribution in [3.8, 4) is 33.4 Å². The van der Waals surface area contributed by atoms with Gasteiger partial charge >= 0.3 is 0 Å². The van der Waals surface area contributed by atoms with Crippen LogP contribution >= 0.6 is 0 Å². The van der Waals surface area contributed by atoms with Crippen LogP contribution in [0.4, 0.5) is 17.1 Å². The van der Waals surface area contributed by atoms with Crippen LogP contribution in [0.3, 0.4) is 0 Å². The van der Waals surface area contributed by atoms with E-state index in [0.29, 0.717) is 5.92 Å². The van der Waals surface area contributed by atoms with Crippen LogP contribution in [0.25, 0.3) is 61.0 Å². The number of hydrogen-bond acceptors (Lipinski definition) is 1. The van der Waals surface area contributed by atoms with Crippen LogP contribution in [-0.2, 0) is 6.42 Å². The molecule has 0 radical (unpaired) electrons. The third kappa shape index (κ3) is 6.28. The van der Waals surface area contributed by atoms with Crippen LogP contribution < -0.4 is 4.90 Å². The zero-order chi connectivity index (χ0) is 36.6. The van der Waals surface area contributed by atoms with Gasteiger partial charge in [-0.05, 0) is 133 Å². The Labute approximate surface area is 323 Å². The molecule has 55 heavy (non-hydrogen) atoms. The first-order valence-electron chi connectivity index (χ1n) is 19.5. The van der Waals surface area contributed by atoms with E-state index in [1.807, 2.05) is 0 Å². The standard InChI is InChI=1S/C54H41N/c1-3-12-38(13-4-1)40-22-24-41(25-23-40)42-28-32-47(33-29-42)55(49-18-11-17-45(36-49)39-14-5-2-6-15-39)48-34-30-44(31-35-48)53-37-46-27-26-43-16-7-8-19-50(43)54(46)52-21-10-9-20-51(52)53/h1-9,11-14,16-20,22-37,39H,10,15,21H2. The molecular formula is C54H41N. The second-order valence-electron chi connectivity index (χ2n) is 14.8. The molecule has 1 atom stereocenters. The van der Waals surface area contributed by atoms with Crippen molar-refractivity contribution in [1.82, 2.24) is 0 Å². The average molecular weight is 704 g/mol. The third-order valence-corrected chi connectivity index (χ3v) is 11.4. The van der Waals surface area contributed by atoms with Gasteiger partial charge in [0.05, 0.1) is 0 Å². The summed E-state index contributed by atoms with van der Waals surface area (Å²) in [6.07, 6.45) is 16.8. The molecule has 0 aliphatic heterocycles. The van der Waals surface area contributed by atoms with Gasteiger partial charge in [-0.2, -0.15) is 0 Å². The molecule has 0 amide bonds. The lowest BCUT2D eigenvalue weighted by atomic mass is 9.84. The van der Waals surface area contributed by atoms with Crippen molar-refractivity contribution in [3.05, 3.63) is 217 Å². The molecule has 8 aromatic carbocycles. The second kappa shape index (κ2) is 14.3. The van der Waals surface area contributed by atoms with E-state index in [1.165, 1.54) is 71.6 Å². The van der Waals surface area contributed by atoms with Gasteiger partial charge in [0.2, 0.25) is 0 Å². The average Bonchev–Trinajstić information content (AvgIpc) is 3.27. The molecule has 1 unspecified atom stereocenters. The van der Waals surface area contributed by atoms with E-state index < -0.39 is 0 Å². The molecule has 1 heteroatoms. The van der Waals surface area contributed by atoms with Crippen molar-refractivity contribution in [2.45, 2.75) is 25.2 Å². The molecule has 0 spiro atoms. The first kappa shape index (κ1) is 32.9. The van der Waals surface area contributed by atoms with Crippen molar-refractivity contribution < 1.29 is 0 Å². The SMILES string of the molecule is C1=CCC(c2cccc(N(c3ccc(-c4ccc(-c5ccccc5)cc4)cc3)c3ccc(-c4cc5ccc6ccccc6c5c5c4C=CCC5)cc3)c2)C=C1. The fraction of sp³-hybridized carbons (Fsp3) is 0.0741. The van der Waals surface area contributed by atoms with Gasteiger partial charge < -0.3 is 4.90 Å². The number of nitrogens with zero attached hydrogens (tertiary/aromatic N) is 1. The minimum Gasteiger partial charge on any atom is -0.310 e. The highest BCUT2D eigenvalue weighted by atomic mass is 15.1. The molecule has 10 rings (SSSR count). The van der Waals surface area contributed by atoms with Crippen molar-refractivity contribution in [2.75, 3.05) is 4.90 Å². The highest BCUT2D eigenvalue weighted by Gasteiger charge is 2.19. The number of benzene rings is 8. The summed E-state index contributed by atoms with van der Waals surface area (Å²) in [5.41, 5.74) is 15.0. The topological polar surface area (TPSA) is 3.24 Å². The maximum atomic E-state index is 2.41. The highest BCUT2D eigenvalue weighted by Crippen LogP contribution is 2.42. The quantitative estimate of drug-likeness (QED) is 0.149. The Kier molecular flexibility index (Phi) is 8.54. The van der Waals surface area contributed by atoms with Crippen LogP contribution in [-0.4, -0.2) is 0 Å². The van der Waals surface area contributed by atoms with Crippen molar-refractivity contribution >= 4 is 44.7 Å². The smallest absolute Gasteiger partial charge is 0.0464 e. The van der Waals surface area contributed by atoms with E-state index in [-0.39, 0.29) is 0 Å². The summed E-state index contributed by atoms with van der Waals surface area (Å²) >= 11 is 0. The van der Waals surface area contributed by atoms with E-state index in [1.54, 1.807) is 0 Å². The van der Waals surface area contributed by atoms with Crippen molar-refractivity contribution in [2.24, 2.45) is 0 Å². The largest absolute Gasteiger partial charge is 0.310 e. The first-order valence-corrected chi connectivity index (χ1v) is 19.5. The van der Waals surface area contributed by atoms with Crippen molar-refractivity contribution in [3.63, 3.8) is 0 Å². The van der Waals surface area contributed by atoms with Crippen molar-refractivity contribution in [1.29, 1.82) is 0 Å². The van der Waals surface area contributed by atoms with Crippen LogP contribution in [0.2, 0.25) is 0 Å². The van der Waals surface area contributed by atoms with Crippen LogP contribution in [0, 0.1) is 0 Å². The molecule has 0 saturated heterocycles. The summed E-state index contributed by atoms with van der Waals surface area (Å²) in [5, 5.41) is 5.37. The zero-order valence-corrected chi connectivity index (χ0v) is 30.8. The number of rotatable bonds is 7. The van der Waals surface area contributed by atoms with Crippen LogP contribution in [0.15, 0.2) is 200 Å². The van der Waals surface area contributed by atoms with Gasteiger partial charge in [-0.1, -0.05) is 164 Å². The summed E-state index contributed by atoms with van der Waals surface area (Å²) in [5.74, 6) is 0.375. The van der Waals surface area contributed by atoms with Gasteiger partial charge in [0, 0.05) is 23.0 Å². The van der Waals surface area contributed by atoms with Crippen LogP contribution in [0.5, 0.6) is 0 Å². The maximum absolute atomic E-state index is 2.41. The Morgan fingerprint density at radius 2 is 1.13 bits per heavy atom. The molecule has 0 aromatic heterocycles. The maximum Gasteiger partial charge on any atom is 0.0464 e. The van der Waals surface area contributed by atoms with E-state index in [2.05, 4.69) is 211 Å². The Morgan fingerprint density at radius 1 is 0.473 bits per heavy atom. The third-order valence-electron chi connectivity index (χ3n) is 11.4. The molecule has 0 N–H and O–H groups in total. The molecule has 2 aliphatic rings. The predicted octanol–water partition coefficient (Wildman–Crippen LogP) is 15.0. The molecule has 0 bridgehead atoms. The van der Waals surface area contributed by atoms with Gasteiger partial charge in [0.25, 0.3) is 0 Å². The lowest BCUT2D eigenvalue weighted by Crippen LogP contribution is -2.10. The minimum atomic E-state index is 0.375. The van der Waals surface area contributed by atoms with Gasteiger partial charge in [0.15, 0.2) is 0 Å². The normalized spacial score (nSPS) is 14.7. The molecule has 8 aromatic rings. The second-order valence-corrected chi connectivity index (χ2v) is 14.8. The molecule has 2 aliphatic carbocycles.